The Labute approximate surface area is 210 Å². The molecule has 1 aliphatic heterocycles. The number of ether oxygens (including phenoxy) is 1. The van der Waals surface area contributed by atoms with Gasteiger partial charge >= 0.3 is 0 Å². The summed E-state index contributed by atoms with van der Waals surface area (Å²) in [5.41, 5.74) is 1.10. The van der Waals surface area contributed by atoms with E-state index >= 15 is 0 Å². The maximum absolute atomic E-state index is 13.5. The Bertz CT molecular complexity index is 1070. The molecule has 0 radical (unpaired) electrons. The SMILES string of the molecule is CCCCCCOc1c(Cl)cc(C(=O)N(Cc2cccc(Cl)c2)C2CCS(=O)(=O)C2)cc1Cl. The van der Waals surface area contributed by atoms with Crippen LogP contribution >= 0.6 is 34.8 Å². The fourth-order valence-electron chi connectivity index (χ4n) is 3.91. The molecule has 5 nitrogen and oxygen atoms in total. The van der Waals surface area contributed by atoms with Crippen LogP contribution in [0.4, 0.5) is 0 Å². The van der Waals surface area contributed by atoms with E-state index in [2.05, 4.69) is 6.92 Å². The highest BCUT2D eigenvalue weighted by atomic mass is 35.5. The third-order valence-corrected chi connectivity index (χ3v) is 8.19. The lowest BCUT2D eigenvalue weighted by Crippen LogP contribution is -2.40. The molecule has 180 valence electrons. The quantitative estimate of drug-likeness (QED) is 0.331. The predicted octanol–water partition coefficient (Wildman–Crippen LogP) is 6.44. The maximum Gasteiger partial charge on any atom is 0.254 e. The fourth-order valence-corrected chi connectivity index (χ4v) is 6.45. The normalized spacial score (nSPS) is 17.2. The summed E-state index contributed by atoms with van der Waals surface area (Å²) in [6, 6.07) is 9.79. The molecule has 9 heteroatoms. The minimum atomic E-state index is -3.19. The minimum absolute atomic E-state index is 0.0588. The van der Waals surface area contributed by atoms with Crippen LogP contribution in [0.2, 0.25) is 15.1 Å². The summed E-state index contributed by atoms with van der Waals surface area (Å²) in [6.07, 6.45) is 4.61. The molecule has 0 bridgehead atoms. The van der Waals surface area contributed by atoms with Gasteiger partial charge in [-0.1, -0.05) is 73.1 Å². The van der Waals surface area contributed by atoms with Crippen LogP contribution in [-0.4, -0.2) is 43.4 Å². The number of sulfone groups is 1. The van der Waals surface area contributed by atoms with Crippen molar-refractivity contribution in [3.63, 3.8) is 0 Å². The molecule has 33 heavy (non-hydrogen) atoms. The summed E-state index contributed by atoms with van der Waals surface area (Å²) in [6.45, 7) is 2.86. The number of benzene rings is 2. The first kappa shape index (κ1) is 26.1. The van der Waals surface area contributed by atoms with Crippen LogP contribution in [0.1, 0.15) is 54.9 Å². The van der Waals surface area contributed by atoms with Crippen molar-refractivity contribution < 1.29 is 17.9 Å². The van der Waals surface area contributed by atoms with Crippen LogP contribution in [0.15, 0.2) is 36.4 Å². The topological polar surface area (TPSA) is 63.7 Å². The molecule has 0 spiro atoms. The average Bonchev–Trinajstić information content (AvgIpc) is 3.12. The zero-order valence-electron chi connectivity index (χ0n) is 18.5. The minimum Gasteiger partial charge on any atom is -0.490 e. The van der Waals surface area contributed by atoms with Gasteiger partial charge in [-0.15, -0.1) is 0 Å². The molecule has 1 unspecified atom stereocenters. The Morgan fingerprint density at radius 3 is 2.42 bits per heavy atom. The number of unbranched alkanes of at least 4 members (excludes halogenated alkanes) is 3. The standard InChI is InChI=1S/C24H28Cl3NO4S/c1-2-3-4-5-10-32-23-21(26)13-18(14-22(23)27)24(29)28(20-9-11-33(30,31)16-20)15-17-7-6-8-19(25)12-17/h6-8,12-14,20H,2-5,9-11,15-16H2,1H3. The number of amides is 1. The molecule has 1 amide bonds. The number of nitrogens with zero attached hydrogens (tertiary/aromatic N) is 1. The molecule has 1 saturated heterocycles. The van der Waals surface area contributed by atoms with E-state index < -0.39 is 15.9 Å². The number of rotatable bonds is 10. The van der Waals surface area contributed by atoms with Gasteiger partial charge < -0.3 is 9.64 Å². The van der Waals surface area contributed by atoms with Crippen molar-refractivity contribution in [1.29, 1.82) is 0 Å². The van der Waals surface area contributed by atoms with Gasteiger partial charge in [-0.25, -0.2) is 8.42 Å². The molecule has 0 aliphatic carbocycles. The monoisotopic (exact) mass is 531 g/mol. The van der Waals surface area contributed by atoms with Gasteiger partial charge in [0.25, 0.3) is 5.91 Å². The summed E-state index contributed by atoms with van der Waals surface area (Å²) in [5.74, 6) is 0.00911. The first-order chi connectivity index (χ1) is 15.7. The van der Waals surface area contributed by atoms with Gasteiger partial charge in [-0.2, -0.15) is 0 Å². The number of hydrogen-bond acceptors (Lipinski definition) is 4. The van der Waals surface area contributed by atoms with Crippen molar-refractivity contribution in [1.82, 2.24) is 4.90 Å². The van der Waals surface area contributed by atoms with Crippen LogP contribution in [0.25, 0.3) is 0 Å². The molecule has 0 N–H and O–H groups in total. The summed E-state index contributed by atoms with van der Waals surface area (Å²) >= 11 is 18.9. The van der Waals surface area contributed by atoms with E-state index in [0.717, 1.165) is 31.2 Å². The Kier molecular flexibility index (Phi) is 9.34. The van der Waals surface area contributed by atoms with E-state index in [9.17, 15) is 13.2 Å². The largest absolute Gasteiger partial charge is 0.490 e. The van der Waals surface area contributed by atoms with Gasteiger partial charge in [0.05, 0.1) is 28.2 Å². The lowest BCUT2D eigenvalue weighted by Gasteiger charge is -2.29. The van der Waals surface area contributed by atoms with Crippen LogP contribution in [0.3, 0.4) is 0 Å². The summed E-state index contributed by atoms with van der Waals surface area (Å²) in [5, 5.41) is 1.05. The van der Waals surface area contributed by atoms with Crippen molar-refractivity contribution in [3.8, 4) is 5.75 Å². The van der Waals surface area contributed by atoms with Crippen molar-refractivity contribution in [2.24, 2.45) is 0 Å². The smallest absolute Gasteiger partial charge is 0.254 e. The number of carbonyl (C=O) groups excluding carboxylic acids is 1. The zero-order valence-corrected chi connectivity index (χ0v) is 21.6. The summed E-state index contributed by atoms with van der Waals surface area (Å²) in [4.78, 5) is 15.1. The number of carbonyl (C=O) groups is 1. The van der Waals surface area contributed by atoms with Crippen LogP contribution in [0, 0.1) is 0 Å². The van der Waals surface area contributed by atoms with Crippen molar-refractivity contribution in [3.05, 3.63) is 62.6 Å². The molecule has 1 heterocycles. The van der Waals surface area contributed by atoms with Gasteiger partial charge in [0.2, 0.25) is 0 Å². The molecule has 3 rings (SSSR count). The average molecular weight is 533 g/mol. The molecule has 1 fully saturated rings. The first-order valence-corrected chi connectivity index (χ1v) is 14.0. The third kappa shape index (κ3) is 7.25. The van der Waals surface area contributed by atoms with E-state index in [0.29, 0.717) is 23.8 Å². The molecular formula is C24H28Cl3NO4S. The fraction of sp³-hybridized carbons (Fsp3) is 0.458. The maximum atomic E-state index is 13.5. The molecule has 0 saturated carbocycles. The van der Waals surface area contributed by atoms with E-state index in [1.165, 1.54) is 12.1 Å². The molecule has 2 aromatic carbocycles. The Morgan fingerprint density at radius 1 is 1.09 bits per heavy atom. The molecule has 1 atom stereocenters. The number of hydrogen-bond donors (Lipinski definition) is 0. The van der Waals surface area contributed by atoms with Gasteiger partial charge in [0.15, 0.2) is 15.6 Å². The van der Waals surface area contributed by atoms with Crippen LogP contribution in [0.5, 0.6) is 5.75 Å². The highest BCUT2D eigenvalue weighted by Crippen LogP contribution is 2.35. The second-order valence-corrected chi connectivity index (χ2v) is 11.8. The first-order valence-electron chi connectivity index (χ1n) is 11.1. The Morgan fingerprint density at radius 2 is 1.82 bits per heavy atom. The Balaban J connectivity index is 1.82. The van der Waals surface area contributed by atoms with E-state index in [4.69, 9.17) is 39.5 Å². The lowest BCUT2D eigenvalue weighted by molar-refractivity contribution is 0.0681. The van der Waals surface area contributed by atoms with Crippen molar-refractivity contribution in [2.45, 2.75) is 51.6 Å². The highest BCUT2D eigenvalue weighted by molar-refractivity contribution is 7.91. The van der Waals surface area contributed by atoms with Gasteiger partial charge in [0, 0.05) is 23.2 Å². The highest BCUT2D eigenvalue weighted by Gasteiger charge is 2.35. The van der Waals surface area contributed by atoms with E-state index in [1.54, 1.807) is 23.1 Å². The Hall–Kier alpha value is -1.47. The molecular weight excluding hydrogens is 505 g/mol. The predicted molar refractivity (Wildman–Crippen MR) is 134 cm³/mol. The lowest BCUT2D eigenvalue weighted by atomic mass is 10.1. The molecule has 0 aromatic heterocycles. The van der Waals surface area contributed by atoms with Gasteiger partial charge in [-0.3, -0.25) is 4.79 Å². The second-order valence-electron chi connectivity index (χ2n) is 8.30. The second kappa shape index (κ2) is 11.8. The summed E-state index contributed by atoms with van der Waals surface area (Å²) in [7, 11) is -3.19. The van der Waals surface area contributed by atoms with Crippen LogP contribution in [-0.2, 0) is 16.4 Å². The number of halogens is 3. The van der Waals surface area contributed by atoms with E-state index in [-0.39, 0.29) is 39.6 Å². The van der Waals surface area contributed by atoms with Gasteiger partial charge in [0.1, 0.15) is 0 Å². The zero-order chi connectivity index (χ0) is 24.0. The van der Waals surface area contributed by atoms with Crippen molar-refractivity contribution >= 4 is 50.5 Å². The molecule has 2 aromatic rings. The molecule has 1 aliphatic rings. The summed E-state index contributed by atoms with van der Waals surface area (Å²) < 4.78 is 30.0. The third-order valence-electron chi connectivity index (χ3n) is 5.64. The van der Waals surface area contributed by atoms with E-state index in [1.807, 2.05) is 6.07 Å². The van der Waals surface area contributed by atoms with Gasteiger partial charge in [-0.05, 0) is 42.7 Å². The van der Waals surface area contributed by atoms with Crippen LogP contribution < -0.4 is 4.74 Å². The van der Waals surface area contributed by atoms with Crippen molar-refractivity contribution in [2.75, 3.05) is 18.1 Å².